The molecule has 1 aliphatic heterocycles. The molecule has 0 spiro atoms. The first-order valence-electron chi connectivity index (χ1n) is 9.45. The molecule has 0 unspecified atom stereocenters. The lowest BCUT2D eigenvalue weighted by atomic mass is 10.0. The summed E-state index contributed by atoms with van der Waals surface area (Å²) in [6, 6.07) is 15.5. The summed E-state index contributed by atoms with van der Waals surface area (Å²) in [7, 11) is 0. The SMILES string of the molecule is O=C(Cn1ccccc1=O)NC[C@@H](c1ccccc1)N1CCCCCC1. The maximum Gasteiger partial charge on any atom is 0.250 e. The van der Waals surface area contributed by atoms with Crippen LogP contribution >= 0.6 is 0 Å². The van der Waals surface area contributed by atoms with Crippen LogP contribution in [0.3, 0.4) is 0 Å². The first-order valence-corrected chi connectivity index (χ1v) is 9.45. The zero-order valence-electron chi connectivity index (χ0n) is 15.1. The fourth-order valence-corrected chi connectivity index (χ4v) is 3.55. The van der Waals surface area contributed by atoms with Crippen molar-refractivity contribution in [2.45, 2.75) is 38.3 Å². The van der Waals surface area contributed by atoms with E-state index >= 15 is 0 Å². The summed E-state index contributed by atoms with van der Waals surface area (Å²) in [5, 5.41) is 3.03. The smallest absolute Gasteiger partial charge is 0.250 e. The summed E-state index contributed by atoms with van der Waals surface area (Å²) < 4.78 is 1.43. The molecule has 0 aliphatic carbocycles. The Morgan fingerprint density at radius 3 is 2.35 bits per heavy atom. The van der Waals surface area contributed by atoms with Gasteiger partial charge in [0.1, 0.15) is 6.54 Å². The van der Waals surface area contributed by atoms with Gasteiger partial charge in [-0.1, -0.05) is 49.2 Å². The second-order valence-electron chi connectivity index (χ2n) is 6.85. The average Bonchev–Trinajstić information content (AvgIpc) is 2.94. The van der Waals surface area contributed by atoms with Crippen LogP contribution in [-0.4, -0.2) is 35.0 Å². The minimum atomic E-state index is -0.158. The number of likely N-dealkylation sites (tertiary alicyclic amines) is 1. The number of aromatic nitrogens is 1. The number of pyridine rings is 1. The van der Waals surface area contributed by atoms with Gasteiger partial charge in [0.05, 0.1) is 6.04 Å². The normalized spacial score (nSPS) is 16.6. The van der Waals surface area contributed by atoms with Crippen molar-refractivity contribution in [3.05, 3.63) is 70.6 Å². The van der Waals surface area contributed by atoms with E-state index in [1.54, 1.807) is 18.3 Å². The van der Waals surface area contributed by atoms with Crippen molar-refractivity contribution < 1.29 is 4.79 Å². The number of rotatable bonds is 6. The third-order valence-corrected chi connectivity index (χ3v) is 4.97. The van der Waals surface area contributed by atoms with Gasteiger partial charge in [-0.15, -0.1) is 0 Å². The number of nitrogens with zero attached hydrogens (tertiary/aromatic N) is 2. The molecule has 1 atom stereocenters. The van der Waals surface area contributed by atoms with E-state index < -0.39 is 0 Å². The number of carbonyl (C=O) groups is 1. The van der Waals surface area contributed by atoms with E-state index in [0.717, 1.165) is 13.1 Å². The highest BCUT2D eigenvalue weighted by atomic mass is 16.2. The van der Waals surface area contributed by atoms with Gasteiger partial charge in [0.25, 0.3) is 5.56 Å². The number of hydrogen-bond donors (Lipinski definition) is 1. The number of nitrogens with one attached hydrogen (secondary N) is 1. The lowest BCUT2D eigenvalue weighted by Gasteiger charge is -2.31. The second kappa shape index (κ2) is 9.34. The van der Waals surface area contributed by atoms with Crippen LogP contribution in [0.2, 0.25) is 0 Å². The van der Waals surface area contributed by atoms with Gasteiger partial charge in [0, 0.05) is 18.8 Å². The standard InChI is InChI=1S/C21H27N3O2/c25-20(17-24-15-9-6-12-21(24)26)22-16-19(18-10-4-3-5-11-18)23-13-7-1-2-8-14-23/h3-6,9-12,15,19H,1-2,7-8,13-14,16-17H2,(H,22,25)/t19-/m0/s1. The van der Waals surface area contributed by atoms with Gasteiger partial charge in [-0.25, -0.2) is 0 Å². The quantitative estimate of drug-likeness (QED) is 0.868. The zero-order chi connectivity index (χ0) is 18.2. The van der Waals surface area contributed by atoms with E-state index in [9.17, 15) is 9.59 Å². The van der Waals surface area contributed by atoms with Gasteiger partial charge in [-0.2, -0.15) is 0 Å². The summed E-state index contributed by atoms with van der Waals surface area (Å²) in [6.45, 7) is 2.74. The molecule has 1 N–H and O–H groups in total. The van der Waals surface area contributed by atoms with Crippen LogP contribution in [0, 0.1) is 0 Å². The van der Waals surface area contributed by atoms with Crippen molar-refractivity contribution in [2.75, 3.05) is 19.6 Å². The third-order valence-electron chi connectivity index (χ3n) is 4.97. The van der Waals surface area contributed by atoms with E-state index in [1.165, 1.54) is 41.9 Å². The van der Waals surface area contributed by atoms with Gasteiger partial charge in [0.2, 0.25) is 5.91 Å². The summed E-state index contributed by atoms with van der Waals surface area (Å²) in [6.07, 6.45) is 6.61. The Balaban J connectivity index is 1.66. The fraction of sp³-hybridized carbons (Fsp3) is 0.429. The number of hydrogen-bond acceptors (Lipinski definition) is 3. The Bertz CT molecular complexity index is 749. The highest BCUT2D eigenvalue weighted by Crippen LogP contribution is 2.23. The minimum absolute atomic E-state index is 0.0567. The first-order chi connectivity index (χ1) is 12.7. The van der Waals surface area contributed by atoms with E-state index in [1.807, 2.05) is 18.2 Å². The van der Waals surface area contributed by atoms with Crippen LogP contribution in [0.1, 0.15) is 37.3 Å². The van der Waals surface area contributed by atoms with Crippen molar-refractivity contribution in [2.24, 2.45) is 0 Å². The highest BCUT2D eigenvalue weighted by Gasteiger charge is 2.22. The van der Waals surface area contributed by atoms with E-state index in [0.29, 0.717) is 6.54 Å². The molecule has 0 bridgehead atoms. The van der Waals surface area contributed by atoms with Gasteiger partial charge >= 0.3 is 0 Å². The molecule has 2 heterocycles. The molecule has 0 radical (unpaired) electrons. The maximum absolute atomic E-state index is 12.4. The summed E-state index contributed by atoms with van der Waals surface area (Å²) in [5.74, 6) is -0.131. The fourth-order valence-electron chi connectivity index (χ4n) is 3.55. The topological polar surface area (TPSA) is 54.3 Å². The highest BCUT2D eigenvalue weighted by molar-refractivity contribution is 5.75. The van der Waals surface area contributed by atoms with Crippen LogP contribution in [0.15, 0.2) is 59.5 Å². The summed E-state index contributed by atoms with van der Waals surface area (Å²) in [4.78, 5) is 26.6. The Hall–Kier alpha value is -2.40. The van der Waals surface area contributed by atoms with Crippen LogP contribution in [0.4, 0.5) is 0 Å². The number of carbonyl (C=O) groups excluding carboxylic acids is 1. The largest absolute Gasteiger partial charge is 0.353 e. The molecule has 0 saturated carbocycles. The number of amides is 1. The van der Waals surface area contributed by atoms with Crippen molar-refractivity contribution in [3.63, 3.8) is 0 Å². The van der Waals surface area contributed by atoms with Crippen LogP contribution < -0.4 is 10.9 Å². The summed E-state index contributed by atoms with van der Waals surface area (Å²) >= 11 is 0. The molecule has 1 aliphatic rings. The monoisotopic (exact) mass is 353 g/mol. The average molecular weight is 353 g/mol. The van der Waals surface area contributed by atoms with E-state index in [2.05, 4.69) is 22.3 Å². The van der Waals surface area contributed by atoms with Gasteiger partial charge in [-0.3, -0.25) is 14.5 Å². The summed E-state index contributed by atoms with van der Waals surface area (Å²) in [5.41, 5.74) is 1.07. The molecular formula is C21H27N3O2. The zero-order valence-corrected chi connectivity index (χ0v) is 15.1. The minimum Gasteiger partial charge on any atom is -0.353 e. The third kappa shape index (κ3) is 5.05. The Labute approximate surface area is 154 Å². The predicted molar refractivity (Wildman–Crippen MR) is 103 cm³/mol. The Kier molecular flexibility index (Phi) is 6.61. The maximum atomic E-state index is 12.4. The van der Waals surface area contributed by atoms with E-state index in [4.69, 9.17) is 0 Å². The van der Waals surface area contributed by atoms with Crippen LogP contribution in [0.5, 0.6) is 0 Å². The molecule has 1 aromatic carbocycles. The lowest BCUT2D eigenvalue weighted by Crippen LogP contribution is -2.40. The lowest BCUT2D eigenvalue weighted by molar-refractivity contribution is -0.122. The van der Waals surface area contributed by atoms with Crippen LogP contribution in [0.25, 0.3) is 0 Å². The Morgan fingerprint density at radius 1 is 0.962 bits per heavy atom. The van der Waals surface area contributed by atoms with Crippen molar-refractivity contribution in [1.82, 2.24) is 14.8 Å². The molecule has 1 fully saturated rings. The predicted octanol–water partition coefficient (Wildman–Crippen LogP) is 2.58. The molecule has 1 aromatic heterocycles. The van der Waals surface area contributed by atoms with Crippen molar-refractivity contribution >= 4 is 5.91 Å². The molecule has 26 heavy (non-hydrogen) atoms. The van der Waals surface area contributed by atoms with Crippen LogP contribution in [-0.2, 0) is 11.3 Å². The van der Waals surface area contributed by atoms with Gasteiger partial charge < -0.3 is 9.88 Å². The molecule has 5 nitrogen and oxygen atoms in total. The molecule has 3 rings (SSSR count). The molecule has 2 aromatic rings. The molecule has 138 valence electrons. The molecular weight excluding hydrogens is 326 g/mol. The molecule has 1 amide bonds. The van der Waals surface area contributed by atoms with E-state index in [-0.39, 0.29) is 24.1 Å². The molecule has 1 saturated heterocycles. The second-order valence-corrected chi connectivity index (χ2v) is 6.85. The Morgan fingerprint density at radius 2 is 1.65 bits per heavy atom. The number of benzene rings is 1. The van der Waals surface area contributed by atoms with Crippen molar-refractivity contribution in [3.8, 4) is 0 Å². The van der Waals surface area contributed by atoms with Gasteiger partial charge in [0.15, 0.2) is 0 Å². The van der Waals surface area contributed by atoms with Gasteiger partial charge in [-0.05, 0) is 37.6 Å². The van der Waals surface area contributed by atoms with Crippen molar-refractivity contribution in [1.29, 1.82) is 0 Å². The first kappa shape index (κ1) is 18.4. The molecule has 5 heteroatoms.